The number of aromatic hydroxyl groups is 2. The molecular formula is C44H48N6O9. The molecule has 308 valence electrons. The van der Waals surface area contributed by atoms with E-state index in [9.17, 15) is 44.1 Å². The number of fused-ring (bicyclic) bond motifs is 5. The molecule has 4 bridgehead atoms. The smallest absolute Gasteiger partial charge is 0.326 e. The van der Waals surface area contributed by atoms with E-state index in [1.165, 1.54) is 53.9 Å². The average Bonchev–Trinajstić information content (AvgIpc) is 3.72. The number of nitrogens with one attached hydrogen (secondary N) is 3. The number of benzene rings is 4. The summed E-state index contributed by atoms with van der Waals surface area (Å²) in [6.45, 7) is 2.42. The molecule has 2 heterocycles. The average molecular weight is 805 g/mol. The van der Waals surface area contributed by atoms with Crippen LogP contribution in [0.1, 0.15) is 65.7 Å². The highest BCUT2D eigenvalue weighted by molar-refractivity contribution is 5.97. The Morgan fingerprint density at radius 1 is 0.864 bits per heavy atom. The molecule has 59 heavy (non-hydrogen) atoms. The van der Waals surface area contributed by atoms with Gasteiger partial charge >= 0.3 is 5.97 Å². The molecule has 15 nitrogen and oxygen atoms in total. The van der Waals surface area contributed by atoms with Gasteiger partial charge in [0.15, 0.2) is 6.17 Å². The number of aliphatic carboxylic acids is 1. The number of carboxylic acids is 1. The monoisotopic (exact) mass is 804 g/mol. The van der Waals surface area contributed by atoms with Crippen LogP contribution < -0.4 is 21.7 Å². The van der Waals surface area contributed by atoms with Crippen LogP contribution in [-0.4, -0.2) is 99.0 Å². The second-order valence-corrected chi connectivity index (χ2v) is 14.8. The standard InChI is InChI=1S/C44H48N6O9/c1-3-5-25-7-10-27(11-8-25)28-12-14-29(15-13-28)40(54)46-20-19-37(53)50-21-4-6-34(50)43(57)49(2)38-30-16-18-36(52)32(24-30)31-22-26(9-17-35(31)51)23-33(44(58)59)47-42(56)39(45)48-41(38)55/h7-18,22,24,33-34,38-39,51-52H,3-6,19-21,23,45H2,1-2H3,(H,46,54)(H,47,56)(H,48,55)(H,58,59)/t33-,34-,38-,39+/m0/s1. The molecule has 1 saturated heterocycles. The lowest BCUT2D eigenvalue weighted by Gasteiger charge is -2.33. The quantitative estimate of drug-likeness (QED) is 0.124. The first kappa shape index (κ1) is 41.9. The highest BCUT2D eigenvalue weighted by Gasteiger charge is 2.40. The van der Waals surface area contributed by atoms with Gasteiger partial charge in [-0.15, -0.1) is 0 Å². The number of nitrogens with zero attached hydrogens (tertiary/aromatic N) is 2. The van der Waals surface area contributed by atoms with Crippen LogP contribution in [0.15, 0.2) is 84.9 Å². The fourth-order valence-corrected chi connectivity index (χ4v) is 7.59. The number of likely N-dealkylation sites (tertiary alicyclic amines) is 1. The van der Waals surface area contributed by atoms with Crippen molar-refractivity contribution in [3.05, 3.63) is 107 Å². The van der Waals surface area contributed by atoms with Gasteiger partial charge in [0.1, 0.15) is 29.6 Å². The third kappa shape index (κ3) is 9.53. The summed E-state index contributed by atoms with van der Waals surface area (Å²) < 4.78 is 0. The van der Waals surface area contributed by atoms with Gasteiger partial charge in [0.05, 0.1) is 0 Å². The Morgan fingerprint density at radius 3 is 2.17 bits per heavy atom. The van der Waals surface area contributed by atoms with Crippen molar-refractivity contribution in [1.29, 1.82) is 0 Å². The second kappa shape index (κ2) is 18.2. The van der Waals surface area contributed by atoms with Gasteiger partial charge in [-0.2, -0.15) is 0 Å². The number of likely N-dealkylation sites (N-methyl/N-ethyl adjacent to an activating group) is 1. The fraction of sp³-hybridized carbons (Fsp3) is 0.318. The zero-order valence-electron chi connectivity index (χ0n) is 32.8. The Balaban J connectivity index is 1.17. The summed E-state index contributed by atoms with van der Waals surface area (Å²) in [5, 5.41) is 39.0. The minimum atomic E-state index is -1.72. The number of hydrogen-bond acceptors (Lipinski definition) is 9. The number of carbonyl (C=O) groups is 6. The van der Waals surface area contributed by atoms with Crippen molar-refractivity contribution in [3.8, 4) is 33.8 Å². The van der Waals surface area contributed by atoms with Crippen LogP contribution in [0.25, 0.3) is 22.3 Å². The Hall–Kier alpha value is -6.74. The first-order valence-electron chi connectivity index (χ1n) is 19.5. The fourth-order valence-electron chi connectivity index (χ4n) is 7.59. The molecule has 4 aromatic carbocycles. The Kier molecular flexibility index (Phi) is 12.9. The van der Waals surface area contributed by atoms with Gasteiger partial charge in [0.2, 0.25) is 17.7 Å². The predicted octanol–water partition coefficient (Wildman–Crippen LogP) is 3.22. The molecule has 4 atom stereocenters. The predicted molar refractivity (Wildman–Crippen MR) is 218 cm³/mol. The van der Waals surface area contributed by atoms with Gasteiger partial charge in [-0.05, 0) is 83.5 Å². The van der Waals surface area contributed by atoms with E-state index in [0.29, 0.717) is 24.0 Å². The molecule has 0 unspecified atom stereocenters. The van der Waals surface area contributed by atoms with Crippen LogP contribution in [-0.2, 0) is 36.8 Å². The van der Waals surface area contributed by atoms with Crippen molar-refractivity contribution in [2.24, 2.45) is 5.73 Å². The van der Waals surface area contributed by atoms with E-state index < -0.39 is 48.0 Å². The van der Waals surface area contributed by atoms with Gasteiger partial charge in [-0.25, -0.2) is 4.79 Å². The second-order valence-electron chi connectivity index (χ2n) is 14.8. The lowest BCUT2D eigenvalue weighted by atomic mass is 9.94. The number of aryl methyl sites for hydroxylation is 1. The van der Waals surface area contributed by atoms with Crippen molar-refractivity contribution in [2.45, 2.75) is 69.7 Å². The Labute approximate surface area is 341 Å². The van der Waals surface area contributed by atoms with Crippen molar-refractivity contribution >= 4 is 35.5 Å². The van der Waals surface area contributed by atoms with Gasteiger partial charge < -0.3 is 46.8 Å². The Morgan fingerprint density at radius 2 is 1.51 bits per heavy atom. The van der Waals surface area contributed by atoms with Gasteiger partial charge in [-0.3, -0.25) is 24.0 Å². The zero-order chi connectivity index (χ0) is 42.4. The van der Waals surface area contributed by atoms with E-state index in [1.807, 2.05) is 12.1 Å². The van der Waals surface area contributed by atoms with Gasteiger partial charge in [0.25, 0.3) is 11.8 Å². The molecule has 0 aromatic heterocycles. The summed E-state index contributed by atoms with van der Waals surface area (Å²) in [4.78, 5) is 82.5. The van der Waals surface area contributed by atoms with Crippen molar-refractivity contribution in [2.75, 3.05) is 20.1 Å². The van der Waals surface area contributed by atoms with Gasteiger partial charge in [-0.1, -0.05) is 61.9 Å². The van der Waals surface area contributed by atoms with E-state index >= 15 is 0 Å². The lowest BCUT2D eigenvalue weighted by Crippen LogP contribution is -2.58. The lowest BCUT2D eigenvalue weighted by molar-refractivity contribution is -0.147. The maximum absolute atomic E-state index is 14.3. The number of phenolic OH excluding ortho intramolecular Hbond substituents is 2. The van der Waals surface area contributed by atoms with Crippen LogP contribution in [0, 0.1) is 0 Å². The number of nitrogens with two attached hydrogens (primary N) is 1. The van der Waals surface area contributed by atoms with E-state index in [1.54, 1.807) is 12.1 Å². The molecule has 2 aliphatic rings. The van der Waals surface area contributed by atoms with Crippen LogP contribution in [0.5, 0.6) is 11.5 Å². The molecule has 15 heteroatoms. The summed E-state index contributed by atoms with van der Waals surface area (Å²) in [6.07, 6.45) is 0.862. The maximum atomic E-state index is 14.3. The summed E-state index contributed by atoms with van der Waals surface area (Å²) in [5.74, 6) is -5.12. The molecule has 1 fully saturated rings. The zero-order valence-corrected chi connectivity index (χ0v) is 32.8. The maximum Gasteiger partial charge on any atom is 0.326 e. The van der Waals surface area contributed by atoms with Gasteiger partial charge in [0, 0.05) is 49.7 Å². The van der Waals surface area contributed by atoms with E-state index in [2.05, 4.69) is 47.1 Å². The van der Waals surface area contributed by atoms with Crippen LogP contribution in [0.2, 0.25) is 0 Å². The summed E-state index contributed by atoms with van der Waals surface area (Å²) >= 11 is 0. The summed E-state index contributed by atoms with van der Waals surface area (Å²) in [5.41, 5.74) is 10.5. The number of carboxylic acid groups (broad SMARTS) is 1. The van der Waals surface area contributed by atoms with Crippen molar-refractivity contribution in [1.82, 2.24) is 25.8 Å². The Bertz CT molecular complexity index is 2240. The van der Waals surface area contributed by atoms with Crippen LogP contribution in [0.4, 0.5) is 0 Å². The topological polar surface area (TPSA) is 232 Å². The minimum absolute atomic E-state index is 0.0175. The molecule has 6 rings (SSSR count). The molecule has 4 aromatic rings. The molecule has 5 amide bonds. The van der Waals surface area contributed by atoms with E-state index in [0.717, 1.165) is 28.9 Å². The first-order chi connectivity index (χ1) is 28.2. The van der Waals surface area contributed by atoms with Crippen molar-refractivity contribution in [3.63, 3.8) is 0 Å². The normalized spacial score (nSPS) is 19.2. The minimum Gasteiger partial charge on any atom is -0.507 e. The third-order valence-corrected chi connectivity index (χ3v) is 10.8. The number of hydrogen-bond donors (Lipinski definition) is 7. The SMILES string of the molecule is CCCc1ccc(-c2ccc(C(=O)NCCC(=O)N3CCC[C@H]3C(=O)N(C)[C@@H]3C(=O)N[C@@H](N)C(=O)N[C@H](C(=O)O)Cc4ccc(O)c(c4)-c4cc3ccc4O)cc2)cc1. The summed E-state index contributed by atoms with van der Waals surface area (Å²) in [6, 6.07) is 20.0. The first-order valence-corrected chi connectivity index (χ1v) is 19.5. The van der Waals surface area contributed by atoms with Crippen LogP contribution in [0.3, 0.4) is 0 Å². The van der Waals surface area contributed by atoms with Crippen LogP contribution >= 0.6 is 0 Å². The number of phenols is 2. The number of carbonyl (C=O) groups excluding carboxylic acids is 5. The van der Waals surface area contributed by atoms with Crippen molar-refractivity contribution < 1.29 is 44.1 Å². The molecule has 2 aliphatic heterocycles. The largest absolute Gasteiger partial charge is 0.507 e. The molecule has 0 spiro atoms. The highest BCUT2D eigenvalue weighted by atomic mass is 16.4. The summed E-state index contributed by atoms with van der Waals surface area (Å²) in [7, 11) is 1.36. The number of amides is 5. The molecule has 8 N–H and O–H groups in total. The number of rotatable bonds is 10. The highest BCUT2D eigenvalue weighted by Crippen LogP contribution is 2.39. The third-order valence-electron chi connectivity index (χ3n) is 10.8. The molecule has 0 saturated carbocycles. The molecule has 0 radical (unpaired) electrons. The van der Waals surface area contributed by atoms with E-state index in [-0.39, 0.29) is 65.9 Å². The molecular weight excluding hydrogens is 757 g/mol. The van der Waals surface area contributed by atoms with E-state index in [4.69, 9.17) is 5.73 Å². The molecule has 0 aliphatic carbocycles.